The van der Waals surface area contributed by atoms with Gasteiger partial charge in [-0.25, -0.2) is 4.79 Å². The Morgan fingerprint density at radius 1 is 1.13 bits per heavy atom. The van der Waals surface area contributed by atoms with Crippen LogP contribution in [0.15, 0.2) is 41.3 Å². The van der Waals surface area contributed by atoms with Crippen LogP contribution in [0, 0.1) is 0 Å². The van der Waals surface area contributed by atoms with Gasteiger partial charge in [0.15, 0.2) is 5.82 Å². The zero-order chi connectivity index (χ0) is 26.9. The molecule has 0 aliphatic carbocycles. The van der Waals surface area contributed by atoms with Crippen molar-refractivity contribution >= 4 is 28.5 Å². The molecule has 1 aromatic carbocycles. The maximum atomic E-state index is 13.0. The molecule has 0 bridgehead atoms. The van der Waals surface area contributed by atoms with Crippen LogP contribution in [0.3, 0.4) is 0 Å². The first-order valence-electron chi connectivity index (χ1n) is 13.9. The number of carbonyl (C=O) groups excluding carboxylic acids is 1. The van der Waals surface area contributed by atoms with E-state index < -0.39 is 5.60 Å². The second-order valence-corrected chi connectivity index (χ2v) is 11.6. The normalized spacial score (nSPS) is 18.5. The fraction of sp³-hybridized carbons (Fsp3) is 0.552. The number of nitrogens with one attached hydrogen (secondary N) is 3. The monoisotopic (exact) mass is 520 g/mol. The molecule has 4 heterocycles. The number of anilines is 2. The Morgan fingerprint density at radius 3 is 2.45 bits per heavy atom. The molecule has 0 unspecified atom stereocenters. The second kappa shape index (κ2) is 10.4. The summed E-state index contributed by atoms with van der Waals surface area (Å²) in [7, 11) is 0. The molecule has 0 spiro atoms. The van der Waals surface area contributed by atoms with Crippen LogP contribution in [0.1, 0.15) is 71.3 Å². The molecule has 2 aliphatic heterocycles. The summed E-state index contributed by atoms with van der Waals surface area (Å²) >= 11 is 0. The fourth-order valence-corrected chi connectivity index (χ4v) is 5.80. The summed E-state index contributed by atoms with van der Waals surface area (Å²) in [5, 5.41) is 12.4. The number of rotatable bonds is 5. The topological polar surface area (TPSA) is 104 Å². The number of fused-ring (bicyclic) bond motifs is 1. The Morgan fingerprint density at radius 2 is 1.82 bits per heavy atom. The highest BCUT2D eigenvalue weighted by molar-refractivity contribution is 5.91. The number of hydrogen-bond acceptors (Lipinski definition) is 6. The van der Waals surface area contributed by atoms with Crippen molar-refractivity contribution in [3.8, 4) is 0 Å². The number of benzene rings is 1. The number of H-pyrrole nitrogens is 1. The first-order valence-corrected chi connectivity index (χ1v) is 13.9. The van der Waals surface area contributed by atoms with Crippen LogP contribution in [-0.4, -0.2) is 57.5 Å². The molecule has 1 amide bonds. The van der Waals surface area contributed by atoms with Gasteiger partial charge in [0.25, 0.3) is 5.56 Å². The van der Waals surface area contributed by atoms with E-state index in [1.54, 1.807) is 11.1 Å². The van der Waals surface area contributed by atoms with Crippen LogP contribution in [0.25, 0.3) is 10.9 Å². The van der Waals surface area contributed by atoms with E-state index in [4.69, 9.17) is 9.84 Å². The summed E-state index contributed by atoms with van der Waals surface area (Å²) in [5.41, 5.74) is 2.07. The Balaban J connectivity index is 1.41. The number of nitrogens with zero attached hydrogens (tertiary/aromatic N) is 3. The van der Waals surface area contributed by atoms with E-state index in [-0.39, 0.29) is 17.2 Å². The molecular weight excluding hydrogens is 480 g/mol. The van der Waals surface area contributed by atoms with Gasteiger partial charge in [0.2, 0.25) is 0 Å². The van der Waals surface area contributed by atoms with Gasteiger partial charge in [0.1, 0.15) is 11.0 Å². The van der Waals surface area contributed by atoms with Crippen LogP contribution in [-0.2, 0) is 10.3 Å². The van der Waals surface area contributed by atoms with E-state index in [0.29, 0.717) is 30.2 Å². The first kappa shape index (κ1) is 26.3. The van der Waals surface area contributed by atoms with Crippen molar-refractivity contribution < 1.29 is 9.53 Å². The van der Waals surface area contributed by atoms with Crippen molar-refractivity contribution in [1.82, 2.24) is 25.0 Å². The van der Waals surface area contributed by atoms with Gasteiger partial charge in [0.05, 0.1) is 11.1 Å². The number of aromatic nitrogens is 3. The smallest absolute Gasteiger partial charge is 0.410 e. The minimum Gasteiger partial charge on any atom is -0.444 e. The molecule has 2 aliphatic rings. The van der Waals surface area contributed by atoms with E-state index in [0.717, 1.165) is 56.4 Å². The van der Waals surface area contributed by atoms with Gasteiger partial charge in [-0.05, 0) is 95.6 Å². The fourth-order valence-electron chi connectivity index (χ4n) is 5.80. The maximum absolute atomic E-state index is 13.0. The van der Waals surface area contributed by atoms with Crippen LogP contribution in [0.5, 0.6) is 0 Å². The average Bonchev–Trinajstić information content (AvgIpc) is 3.29. The van der Waals surface area contributed by atoms with Crippen molar-refractivity contribution in [1.29, 1.82) is 0 Å². The van der Waals surface area contributed by atoms with E-state index in [9.17, 15) is 9.59 Å². The Bertz CT molecular complexity index is 1320. The van der Waals surface area contributed by atoms with Crippen LogP contribution in [0.2, 0.25) is 0 Å². The number of piperidine rings is 2. The van der Waals surface area contributed by atoms with E-state index in [1.165, 1.54) is 5.56 Å². The number of amides is 1. The lowest BCUT2D eigenvalue weighted by Crippen LogP contribution is -2.49. The van der Waals surface area contributed by atoms with Crippen molar-refractivity contribution in [2.75, 3.05) is 31.5 Å². The lowest BCUT2D eigenvalue weighted by molar-refractivity contribution is 0.0101. The minimum absolute atomic E-state index is 0.167. The maximum Gasteiger partial charge on any atom is 0.410 e. The zero-order valence-electron chi connectivity index (χ0n) is 23.0. The SMILES string of the molecule is CCC1(n2nc(Nc3ccc(C4CCNCC4)cc3)c3c(=O)[nH]ccc32)CCN(C(=O)OC(C)(C)C)CC1. The Kier molecular flexibility index (Phi) is 7.22. The molecule has 3 aromatic rings. The molecule has 204 valence electrons. The zero-order valence-corrected chi connectivity index (χ0v) is 23.0. The quantitative estimate of drug-likeness (QED) is 0.434. The van der Waals surface area contributed by atoms with Gasteiger partial charge in [-0.3, -0.25) is 9.48 Å². The number of pyridine rings is 1. The van der Waals surface area contributed by atoms with Gasteiger partial charge in [-0.1, -0.05) is 19.1 Å². The standard InChI is InChI=1S/C29H40N6O3/c1-5-29(13-18-34(19-14-29)27(37)38-28(2,3)4)35-23-12-17-31-26(36)24(23)25(33-35)32-22-8-6-20(7-9-22)21-10-15-30-16-11-21/h6-9,12,17,21,30H,5,10-11,13-16,18-19H2,1-4H3,(H,31,36)(H,32,33). The molecule has 5 rings (SSSR count). The van der Waals surface area contributed by atoms with E-state index >= 15 is 0 Å². The first-order chi connectivity index (χ1) is 18.2. The third kappa shape index (κ3) is 5.29. The van der Waals surface area contributed by atoms with Crippen molar-refractivity contribution in [3.05, 3.63) is 52.4 Å². The van der Waals surface area contributed by atoms with Crippen molar-refractivity contribution in [3.63, 3.8) is 0 Å². The van der Waals surface area contributed by atoms with Crippen molar-refractivity contribution in [2.45, 2.75) is 76.9 Å². The molecule has 9 nitrogen and oxygen atoms in total. The average molecular weight is 521 g/mol. The van der Waals surface area contributed by atoms with E-state index in [1.807, 2.05) is 31.5 Å². The predicted octanol–water partition coefficient (Wildman–Crippen LogP) is 5.07. The lowest BCUT2D eigenvalue weighted by Gasteiger charge is -2.42. The summed E-state index contributed by atoms with van der Waals surface area (Å²) in [6.45, 7) is 11.1. The minimum atomic E-state index is -0.526. The number of hydrogen-bond donors (Lipinski definition) is 3. The van der Waals surface area contributed by atoms with E-state index in [2.05, 4.69) is 46.8 Å². The van der Waals surface area contributed by atoms with Crippen molar-refractivity contribution in [2.24, 2.45) is 0 Å². The number of likely N-dealkylation sites (tertiary alicyclic amines) is 1. The number of ether oxygens (including phenoxy) is 1. The van der Waals surface area contributed by atoms with Gasteiger partial charge in [-0.2, -0.15) is 5.10 Å². The number of carbonyl (C=O) groups is 1. The molecule has 0 radical (unpaired) electrons. The molecule has 2 fully saturated rings. The van der Waals surface area contributed by atoms with Gasteiger partial charge in [0, 0.05) is 25.0 Å². The summed E-state index contributed by atoms with van der Waals surface area (Å²) in [6.07, 6.45) is 6.01. The molecule has 3 N–H and O–H groups in total. The summed E-state index contributed by atoms with van der Waals surface area (Å²) in [6, 6.07) is 10.4. The predicted molar refractivity (Wildman–Crippen MR) is 150 cm³/mol. The van der Waals surface area contributed by atoms with Crippen LogP contribution >= 0.6 is 0 Å². The molecule has 9 heteroatoms. The third-order valence-electron chi connectivity index (χ3n) is 8.04. The molecule has 38 heavy (non-hydrogen) atoms. The molecule has 0 atom stereocenters. The Hall–Kier alpha value is -3.33. The molecule has 2 aromatic heterocycles. The highest BCUT2D eigenvalue weighted by Crippen LogP contribution is 2.38. The van der Waals surface area contributed by atoms with Gasteiger partial charge < -0.3 is 25.3 Å². The second-order valence-electron chi connectivity index (χ2n) is 11.6. The van der Waals surface area contributed by atoms with Crippen LogP contribution < -0.4 is 16.2 Å². The molecule has 2 saturated heterocycles. The molecule has 0 saturated carbocycles. The number of aromatic amines is 1. The third-order valence-corrected chi connectivity index (χ3v) is 8.04. The summed E-state index contributed by atoms with van der Waals surface area (Å²) < 4.78 is 7.62. The van der Waals surface area contributed by atoms with Gasteiger partial charge >= 0.3 is 6.09 Å². The highest BCUT2D eigenvalue weighted by Gasteiger charge is 2.39. The van der Waals surface area contributed by atoms with Gasteiger partial charge in [-0.15, -0.1) is 0 Å². The van der Waals surface area contributed by atoms with Crippen LogP contribution in [0.4, 0.5) is 16.3 Å². The lowest BCUT2D eigenvalue weighted by atomic mass is 9.85. The molecular formula is C29H40N6O3. The summed E-state index contributed by atoms with van der Waals surface area (Å²) in [4.78, 5) is 30.2. The Labute approximate surface area is 223 Å². The largest absolute Gasteiger partial charge is 0.444 e. The highest BCUT2D eigenvalue weighted by atomic mass is 16.6. The summed E-state index contributed by atoms with van der Waals surface area (Å²) in [5.74, 6) is 1.14.